The summed E-state index contributed by atoms with van der Waals surface area (Å²) < 4.78 is 0. The Morgan fingerprint density at radius 1 is 1.13 bits per heavy atom. The minimum atomic E-state index is -0.833. The second-order valence-electron chi connectivity index (χ2n) is 7.82. The van der Waals surface area contributed by atoms with E-state index in [0.717, 1.165) is 77.2 Å². The molecule has 0 aromatic heterocycles. The van der Waals surface area contributed by atoms with Crippen LogP contribution in [0.25, 0.3) is 0 Å². The van der Waals surface area contributed by atoms with E-state index < -0.39 is 5.97 Å². The largest absolute Gasteiger partial charge is 0.481 e. The van der Waals surface area contributed by atoms with Gasteiger partial charge in [0, 0.05) is 32.1 Å². The van der Waals surface area contributed by atoms with E-state index in [1.807, 2.05) is 11.0 Å². The first kappa shape index (κ1) is 23.8. The molecule has 3 rings (SSSR count). The van der Waals surface area contributed by atoms with E-state index in [-0.39, 0.29) is 17.9 Å². The van der Waals surface area contributed by atoms with Crippen LogP contribution in [0, 0.1) is 0 Å². The van der Waals surface area contributed by atoms with Crippen molar-refractivity contribution < 1.29 is 24.7 Å². The number of hydrogen-bond acceptors (Lipinski definition) is 5. The van der Waals surface area contributed by atoms with Gasteiger partial charge in [-0.1, -0.05) is 37.5 Å². The van der Waals surface area contributed by atoms with Crippen molar-refractivity contribution >= 4 is 23.5 Å². The molecule has 1 atom stereocenters. The Bertz CT molecular complexity index is 720. The molecule has 0 spiro atoms. The molecule has 0 aliphatic carbocycles. The molecule has 8 heteroatoms. The number of carboxylic acids is 1. The van der Waals surface area contributed by atoms with E-state index >= 15 is 0 Å². The molecule has 1 aromatic carbocycles. The van der Waals surface area contributed by atoms with Crippen LogP contribution in [-0.4, -0.2) is 52.1 Å². The Labute approximate surface area is 177 Å². The lowest BCUT2D eigenvalue weighted by Gasteiger charge is -2.26. The van der Waals surface area contributed by atoms with Crippen molar-refractivity contribution in [2.24, 2.45) is 0 Å². The van der Waals surface area contributed by atoms with Gasteiger partial charge in [-0.3, -0.25) is 24.5 Å². The maximum atomic E-state index is 13.1. The Morgan fingerprint density at radius 2 is 1.80 bits per heavy atom. The number of benzene rings is 1. The monoisotopic (exact) mass is 419 g/mol. The van der Waals surface area contributed by atoms with Gasteiger partial charge in [0.05, 0.1) is 6.04 Å². The second-order valence-corrected chi connectivity index (χ2v) is 7.82. The standard InChI is InChI=1S/C20H29N3O3.C2H4O2/c24-19(21-26)12-4-2-1-3-7-14-23-17-10-6-5-9-16(17)15-22-13-8-11-18(22)20(23)25;1-2(3)4/h5-6,9-10,18,26H,1-4,7-8,11-15H2,(H,21,24);1H3,(H,3,4)/t18-;/m0./s1. The van der Waals surface area contributed by atoms with Crippen LogP contribution in [0.4, 0.5) is 5.69 Å². The number of nitrogens with zero attached hydrogens (tertiary/aromatic N) is 2. The molecule has 2 amide bonds. The highest BCUT2D eigenvalue weighted by Crippen LogP contribution is 2.32. The lowest BCUT2D eigenvalue weighted by atomic mass is 10.1. The maximum Gasteiger partial charge on any atom is 0.300 e. The number of carboxylic acid groups (broad SMARTS) is 1. The first-order valence-electron chi connectivity index (χ1n) is 10.7. The SMILES string of the molecule is CC(=O)O.O=C(CCCCCCCN1C(=O)[C@@H]2CCCN2Cc2ccccc21)NO. The van der Waals surface area contributed by atoms with Gasteiger partial charge < -0.3 is 10.0 Å². The van der Waals surface area contributed by atoms with Crippen LogP contribution >= 0.6 is 0 Å². The molecule has 166 valence electrons. The number of unbranched alkanes of at least 4 members (excludes halogenated alkanes) is 4. The first-order chi connectivity index (χ1) is 14.4. The van der Waals surface area contributed by atoms with E-state index in [2.05, 4.69) is 23.1 Å². The number of fused-ring (bicyclic) bond motifs is 2. The number of rotatable bonds is 8. The number of aliphatic carboxylic acids is 1. The minimum Gasteiger partial charge on any atom is -0.481 e. The average Bonchev–Trinajstić information content (AvgIpc) is 3.14. The zero-order valence-electron chi connectivity index (χ0n) is 17.7. The van der Waals surface area contributed by atoms with Crippen LogP contribution in [0.2, 0.25) is 0 Å². The number of carbonyl (C=O) groups is 3. The summed E-state index contributed by atoms with van der Waals surface area (Å²) in [6.45, 7) is 3.73. The second kappa shape index (κ2) is 12.3. The quantitative estimate of drug-likeness (QED) is 0.339. The molecule has 1 fully saturated rings. The van der Waals surface area contributed by atoms with Gasteiger partial charge in [-0.05, 0) is 43.9 Å². The fraction of sp³-hybridized carbons (Fsp3) is 0.591. The Morgan fingerprint density at radius 3 is 2.53 bits per heavy atom. The van der Waals surface area contributed by atoms with Gasteiger partial charge in [-0.2, -0.15) is 0 Å². The van der Waals surface area contributed by atoms with Gasteiger partial charge in [-0.25, -0.2) is 5.48 Å². The molecule has 0 bridgehead atoms. The molecule has 2 aliphatic rings. The van der Waals surface area contributed by atoms with Crippen molar-refractivity contribution in [2.75, 3.05) is 18.0 Å². The van der Waals surface area contributed by atoms with Crippen molar-refractivity contribution in [3.05, 3.63) is 29.8 Å². The fourth-order valence-corrected chi connectivity index (χ4v) is 4.09. The van der Waals surface area contributed by atoms with Gasteiger partial charge in [0.25, 0.3) is 5.97 Å². The zero-order valence-corrected chi connectivity index (χ0v) is 17.7. The fourth-order valence-electron chi connectivity index (χ4n) is 4.09. The highest BCUT2D eigenvalue weighted by Gasteiger charge is 2.37. The van der Waals surface area contributed by atoms with Crippen LogP contribution < -0.4 is 10.4 Å². The van der Waals surface area contributed by atoms with Gasteiger partial charge in [-0.15, -0.1) is 0 Å². The summed E-state index contributed by atoms with van der Waals surface area (Å²) in [6.07, 6.45) is 7.25. The number of nitrogens with one attached hydrogen (secondary N) is 1. The Kier molecular flexibility index (Phi) is 9.76. The lowest BCUT2D eigenvalue weighted by Crippen LogP contribution is -2.43. The first-order valence-corrected chi connectivity index (χ1v) is 10.7. The minimum absolute atomic E-state index is 0.0411. The third kappa shape index (κ3) is 7.11. The lowest BCUT2D eigenvalue weighted by molar-refractivity contribution is -0.134. The van der Waals surface area contributed by atoms with E-state index in [1.165, 1.54) is 5.56 Å². The number of hydrogen-bond donors (Lipinski definition) is 3. The number of carbonyl (C=O) groups excluding carboxylic acids is 2. The third-order valence-electron chi connectivity index (χ3n) is 5.48. The predicted octanol–water partition coefficient (Wildman–Crippen LogP) is 2.93. The zero-order chi connectivity index (χ0) is 21.9. The van der Waals surface area contributed by atoms with Crippen molar-refractivity contribution in [3.8, 4) is 0 Å². The van der Waals surface area contributed by atoms with Gasteiger partial charge >= 0.3 is 0 Å². The van der Waals surface area contributed by atoms with E-state index in [4.69, 9.17) is 15.1 Å². The third-order valence-corrected chi connectivity index (χ3v) is 5.48. The molecule has 0 unspecified atom stereocenters. The van der Waals surface area contributed by atoms with Gasteiger partial charge in [0.1, 0.15) is 0 Å². The smallest absolute Gasteiger partial charge is 0.300 e. The number of anilines is 1. The highest BCUT2D eigenvalue weighted by molar-refractivity contribution is 5.98. The van der Waals surface area contributed by atoms with Crippen LogP contribution in [0.15, 0.2) is 24.3 Å². The molecule has 0 radical (unpaired) electrons. The average molecular weight is 420 g/mol. The molecule has 2 aliphatic heterocycles. The van der Waals surface area contributed by atoms with Crippen molar-refractivity contribution in [1.29, 1.82) is 0 Å². The number of para-hydroxylation sites is 1. The Hall–Kier alpha value is -2.45. The summed E-state index contributed by atoms with van der Waals surface area (Å²) >= 11 is 0. The molecule has 3 N–H and O–H groups in total. The van der Waals surface area contributed by atoms with Crippen LogP contribution in [0.1, 0.15) is 63.9 Å². The predicted molar refractivity (Wildman–Crippen MR) is 113 cm³/mol. The topological polar surface area (TPSA) is 110 Å². The van der Waals surface area contributed by atoms with Crippen LogP contribution in [0.3, 0.4) is 0 Å². The summed E-state index contributed by atoms with van der Waals surface area (Å²) in [5.74, 6) is -0.898. The van der Waals surface area contributed by atoms with Crippen LogP contribution in [0.5, 0.6) is 0 Å². The summed E-state index contributed by atoms with van der Waals surface area (Å²) in [5, 5.41) is 15.9. The van der Waals surface area contributed by atoms with Gasteiger partial charge in [0.2, 0.25) is 11.8 Å². The molecule has 30 heavy (non-hydrogen) atoms. The molecule has 8 nitrogen and oxygen atoms in total. The number of amides is 2. The van der Waals surface area contributed by atoms with Crippen molar-refractivity contribution in [2.45, 2.75) is 70.9 Å². The van der Waals surface area contributed by atoms with E-state index in [1.54, 1.807) is 5.48 Å². The van der Waals surface area contributed by atoms with Crippen molar-refractivity contribution in [3.63, 3.8) is 0 Å². The molecule has 2 heterocycles. The molecule has 0 saturated carbocycles. The van der Waals surface area contributed by atoms with E-state index in [9.17, 15) is 9.59 Å². The number of hydroxylamine groups is 1. The maximum absolute atomic E-state index is 13.1. The summed E-state index contributed by atoms with van der Waals surface area (Å²) in [5.41, 5.74) is 3.99. The summed E-state index contributed by atoms with van der Waals surface area (Å²) in [6, 6.07) is 8.33. The van der Waals surface area contributed by atoms with Crippen LogP contribution in [-0.2, 0) is 20.9 Å². The highest BCUT2D eigenvalue weighted by atomic mass is 16.5. The summed E-state index contributed by atoms with van der Waals surface area (Å²) in [4.78, 5) is 37.4. The van der Waals surface area contributed by atoms with Gasteiger partial charge in [0.15, 0.2) is 0 Å². The normalized spacial score (nSPS) is 18.0. The molecule has 1 aromatic rings. The Balaban J connectivity index is 0.000000735. The molecular formula is C22H33N3O5. The van der Waals surface area contributed by atoms with E-state index in [0.29, 0.717) is 6.42 Å². The van der Waals surface area contributed by atoms with Crippen molar-refractivity contribution in [1.82, 2.24) is 10.4 Å². The molecule has 1 saturated heterocycles. The summed E-state index contributed by atoms with van der Waals surface area (Å²) in [7, 11) is 0. The molecular weight excluding hydrogens is 386 g/mol.